The van der Waals surface area contributed by atoms with Crippen LogP contribution in [0.15, 0.2) is 12.1 Å². The van der Waals surface area contributed by atoms with E-state index in [9.17, 15) is 4.39 Å². The molecule has 1 aromatic rings. The van der Waals surface area contributed by atoms with Crippen LogP contribution in [-0.4, -0.2) is 6.54 Å². The molecule has 4 N–H and O–H groups in total. The molecule has 0 unspecified atom stereocenters. The van der Waals surface area contributed by atoms with Gasteiger partial charge in [-0.1, -0.05) is 11.8 Å². The van der Waals surface area contributed by atoms with Crippen LogP contribution in [0.25, 0.3) is 0 Å². The van der Waals surface area contributed by atoms with Gasteiger partial charge in [-0.25, -0.2) is 4.39 Å². The monoisotopic (exact) mass is 178 g/mol. The van der Waals surface area contributed by atoms with Gasteiger partial charge >= 0.3 is 0 Å². The molecule has 3 heteroatoms. The average Bonchev–Trinajstić information content (AvgIpc) is 2.13. The van der Waals surface area contributed by atoms with Crippen molar-refractivity contribution in [2.24, 2.45) is 5.73 Å². The lowest BCUT2D eigenvalue weighted by Crippen LogP contribution is -1.97. The molecule has 0 saturated heterocycles. The van der Waals surface area contributed by atoms with Gasteiger partial charge in [0.2, 0.25) is 0 Å². The first-order chi connectivity index (χ1) is 6.16. The number of rotatable bonds is 0. The van der Waals surface area contributed by atoms with E-state index in [0.29, 0.717) is 16.8 Å². The Labute approximate surface area is 76.7 Å². The molecule has 0 atom stereocenters. The van der Waals surface area contributed by atoms with Gasteiger partial charge in [-0.15, -0.1) is 0 Å². The molecule has 1 rings (SSSR count). The van der Waals surface area contributed by atoms with E-state index < -0.39 is 0 Å². The summed E-state index contributed by atoms with van der Waals surface area (Å²) in [5, 5.41) is 0. The van der Waals surface area contributed by atoms with Crippen molar-refractivity contribution in [3.8, 4) is 11.8 Å². The van der Waals surface area contributed by atoms with E-state index >= 15 is 0 Å². The number of hydrogen-bond donors (Lipinski definition) is 2. The average molecular weight is 178 g/mol. The van der Waals surface area contributed by atoms with Crippen LogP contribution < -0.4 is 11.5 Å². The van der Waals surface area contributed by atoms with Crippen LogP contribution in [0.1, 0.15) is 11.1 Å². The third kappa shape index (κ3) is 1.98. The predicted octanol–water partition coefficient (Wildman–Crippen LogP) is 1.03. The molecule has 0 aliphatic heterocycles. The van der Waals surface area contributed by atoms with Crippen LogP contribution in [0.2, 0.25) is 0 Å². The Morgan fingerprint density at radius 1 is 1.46 bits per heavy atom. The Morgan fingerprint density at radius 3 is 2.77 bits per heavy atom. The number of nitrogen functional groups attached to an aromatic ring is 1. The fraction of sp³-hybridized carbons (Fsp3) is 0.200. The van der Waals surface area contributed by atoms with Crippen LogP contribution in [-0.2, 0) is 0 Å². The largest absolute Gasteiger partial charge is 0.398 e. The molecule has 0 aliphatic carbocycles. The first-order valence-electron chi connectivity index (χ1n) is 3.90. The highest BCUT2D eigenvalue weighted by Crippen LogP contribution is 2.17. The summed E-state index contributed by atoms with van der Waals surface area (Å²) in [7, 11) is 0. The van der Waals surface area contributed by atoms with Gasteiger partial charge in [0.15, 0.2) is 0 Å². The topological polar surface area (TPSA) is 52.0 Å². The molecule has 2 nitrogen and oxygen atoms in total. The van der Waals surface area contributed by atoms with E-state index in [0.717, 1.165) is 0 Å². The molecular weight excluding hydrogens is 167 g/mol. The molecule has 0 spiro atoms. The molecule has 0 aromatic heterocycles. The summed E-state index contributed by atoms with van der Waals surface area (Å²) in [5.74, 6) is 4.86. The van der Waals surface area contributed by atoms with Gasteiger partial charge < -0.3 is 11.5 Å². The van der Waals surface area contributed by atoms with E-state index in [2.05, 4.69) is 11.8 Å². The highest BCUT2D eigenvalue weighted by atomic mass is 19.1. The summed E-state index contributed by atoms with van der Waals surface area (Å²) in [6, 6.07) is 3.19. The minimum atomic E-state index is -0.360. The standard InChI is InChI=1S/C10H11FN2/c1-7-9(13)5-4-8(10(7)11)3-2-6-12/h4-5H,6,12-13H2,1H3. The highest BCUT2D eigenvalue weighted by molar-refractivity contribution is 5.52. The molecule has 1 aromatic carbocycles. The minimum absolute atomic E-state index is 0.225. The maximum atomic E-state index is 13.4. The second-order valence-corrected chi connectivity index (χ2v) is 2.65. The van der Waals surface area contributed by atoms with Gasteiger partial charge in [0.1, 0.15) is 5.82 Å². The van der Waals surface area contributed by atoms with Crippen LogP contribution in [0.3, 0.4) is 0 Å². The number of anilines is 1. The van der Waals surface area contributed by atoms with Crippen LogP contribution >= 0.6 is 0 Å². The van der Waals surface area contributed by atoms with Gasteiger partial charge in [0, 0.05) is 11.3 Å². The Hall–Kier alpha value is -1.53. The summed E-state index contributed by atoms with van der Waals surface area (Å²) in [4.78, 5) is 0. The summed E-state index contributed by atoms with van der Waals surface area (Å²) < 4.78 is 13.4. The summed E-state index contributed by atoms with van der Waals surface area (Å²) in [5.41, 5.74) is 11.9. The maximum absolute atomic E-state index is 13.4. The molecular formula is C10H11FN2. The summed E-state index contributed by atoms with van der Waals surface area (Å²) in [6.45, 7) is 1.85. The van der Waals surface area contributed by atoms with Gasteiger partial charge in [0.25, 0.3) is 0 Å². The van der Waals surface area contributed by atoms with Crippen molar-refractivity contribution in [1.82, 2.24) is 0 Å². The lowest BCUT2D eigenvalue weighted by Gasteiger charge is -2.02. The highest BCUT2D eigenvalue weighted by Gasteiger charge is 2.04. The zero-order chi connectivity index (χ0) is 9.84. The van der Waals surface area contributed by atoms with Crippen LogP contribution in [0, 0.1) is 24.6 Å². The maximum Gasteiger partial charge on any atom is 0.143 e. The smallest absolute Gasteiger partial charge is 0.143 e. The van der Waals surface area contributed by atoms with Crippen LogP contribution in [0.5, 0.6) is 0 Å². The number of nitrogens with two attached hydrogens (primary N) is 2. The first-order valence-corrected chi connectivity index (χ1v) is 3.90. The predicted molar refractivity (Wildman–Crippen MR) is 51.5 cm³/mol. The number of hydrogen-bond acceptors (Lipinski definition) is 2. The third-order valence-electron chi connectivity index (χ3n) is 1.75. The van der Waals surface area contributed by atoms with E-state index in [-0.39, 0.29) is 12.4 Å². The molecule has 0 saturated carbocycles. The van der Waals surface area contributed by atoms with Gasteiger partial charge in [-0.3, -0.25) is 0 Å². The third-order valence-corrected chi connectivity index (χ3v) is 1.75. The lowest BCUT2D eigenvalue weighted by molar-refractivity contribution is 0.616. The van der Waals surface area contributed by atoms with Crippen molar-refractivity contribution in [1.29, 1.82) is 0 Å². The Morgan fingerprint density at radius 2 is 2.15 bits per heavy atom. The second-order valence-electron chi connectivity index (χ2n) is 2.65. The summed E-state index contributed by atoms with van der Waals surface area (Å²) in [6.07, 6.45) is 0. The van der Waals surface area contributed by atoms with Crippen molar-refractivity contribution in [2.75, 3.05) is 12.3 Å². The quantitative estimate of drug-likeness (QED) is 0.460. The zero-order valence-corrected chi connectivity index (χ0v) is 7.39. The SMILES string of the molecule is Cc1c(N)ccc(C#CCN)c1F. The van der Waals surface area contributed by atoms with Crippen molar-refractivity contribution < 1.29 is 4.39 Å². The number of benzene rings is 1. The molecule has 68 valence electrons. The molecule has 0 aliphatic rings. The van der Waals surface area contributed by atoms with Crippen molar-refractivity contribution in [3.05, 3.63) is 29.1 Å². The van der Waals surface area contributed by atoms with Gasteiger partial charge in [-0.2, -0.15) is 0 Å². The zero-order valence-electron chi connectivity index (χ0n) is 7.39. The Balaban J connectivity index is 3.18. The van der Waals surface area contributed by atoms with Crippen molar-refractivity contribution in [3.63, 3.8) is 0 Å². The Kier molecular flexibility index (Phi) is 2.88. The van der Waals surface area contributed by atoms with Crippen molar-refractivity contribution >= 4 is 5.69 Å². The lowest BCUT2D eigenvalue weighted by atomic mass is 10.1. The normalized spacial score (nSPS) is 9.15. The molecule has 0 amide bonds. The minimum Gasteiger partial charge on any atom is -0.398 e. The van der Waals surface area contributed by atoms with E-state index in [4.69, 9.17) is 11.5 Å². The molecule has 0 bridgehead atoms. The molecule has 13 heavy (non-hydrogen) atoms. The van der Waals surface area contributed by atoms with E-state index in [1.165, 1.54) is 0 Å². The fourth-order valence-electron chi connectivity index (χ4n) is 0.943. The van der Waals surface area contributed by atoms with Crippen LogP contribution in [0.4, 0.5) is 10.1 Å². The van der Waals surface area contributed by atoms with Gasteiger partial charge in [0.05, 0.1) is 12.1 Å². The van der Waals surface area contributed by atoms with Gasteiger partial charge in [-0.05, 0) is 19.1 Å². The Bertz CT molecular complexity index is 374. The van der Waals surface area contributed by atoms with E-state index in [1.54, 1.807) is 19.1 Å². The number of halogens is 1. The van der Waals surface area contributed by atoms with E-state index in [1.807, 2.05) is 0 Å². The molecule has 0 fully saturated rings. The molecule has 0 heterocycles. The first kappa shape index (κ1) is 9.56. The fourth-order valence-corrected chi connectivity index (χ4v) is 0.943. The summed E-state index contributed by atoms with van der Waals surface area (Å²) >= 11 is 0. The van der Waals surface area contributed by atoms with Crippen molar-refractivity contribution in [2.45, 2.75) is 6.92 Å². The second kappa shape index (κ2) is 3.92. The molecule has 0 radical (unpaired) electrons.